The van der Waals surface area contributed by atoms with Gasteiger partial charge in [0.05, 0.1) is 36.0 Å². The Labute approximate surface area is 260 Å². The first-order valence-electron chi connectivity index (χ1n) is 12.6. The average Bonchev–Trinajstić information content (AvgIpc) is 3.61. The van der Waals surface area contributed by atoms with Crippen LogP contribution in [0.25, 0.3) is 6.08 Å². The second kappa shape index (κ2) is 13.6. The molecule has 3 aromatic carbocycles. The fourth-order valence-corrected chi connectivity index (χ4v) is 5.38. The van der Waals surface area contributed by atoms with E-state index in [1.807, 2.05) is 0 Å². The molecule has 1 fully saturated rings. The van der Waals surface area contributed by atoms with E-state index >= 15 is 0 Å². The number of nitro benzene ring substituents is 1. The summed E-state index contributed by atoms with van der Waals surface area (Å²) in [6.07, 6.45) is 4.62. The van der Waals surface area contributed by atoms with Gasteiger partial charge in [-0.1, -0.05) is 41.4 Å². The van der Waals surface area contributed by atoms with Crippen LogP contribution in [0.2, 0.25) is 10.0 Å². The van der Waals surface area contributed by atoms with E-state index in [9.17, 15) is 14.9 Å². The first kappa shape index (κ1) is 29.9. The van der Waals surface area contributed by atoms with Gasteiger partial charge in [-0.05, 0) is 71.4 Å². The van der Waals surface area contributed by atoms with E-state index in [0.29, 0.717) is 48.5 Å². The number of nitrogens with zero attached hydrogens (tertiary/aromatic N) is 4. The minimum absolute atomic E-state index is 0.0728. The smallest absolute Gasteiger partial charge is 0.270 e. The highest BCUT2D eigenvalue weighted by atomic mass is 35.5. The van der Waals surface area contributed by atoms with Crippen LogP contribution in [-0.2, 0) is 17.9 Å². The van der Waals surface area contributed by atoms with Crippen molar-refractivity contribution in [3.63, 3.8) is 0 Å². The summed E-state index contributed by atoms with van der Waals surface area (Å²) in [6.45, 7) is 0.355. The van der Waals surface area contributed by atoms with E-state index in [-0.39, 0.29) is 24.7 Å². The lowest BCUT2D eigenvalue weighted by Crippen LogP contribution is -2.28. The van der Waals surface area contributed by atoms with Crippen molar-refractivity contribution in [1.29, 1.82) is 0 Å². The summed E-state index contributed by atoms with van der Waals surface area (Å²) >= 11 is 13.3. The third kappa shape index (κ3) is 7.44. The molecule has 0 aliphatic carbocycles. The first-order chi connectivity index (χ1) is 20.8. The van der Waals surface area contributed by atoms with Crippen LogP contribution in [0.4, 0.5) is 5.69 Å². The second-order valence-electron chi connectivity index (χ2n) is 9.00. The number of ether oxygens (including phenoxy) is 2. The Hall–Kier alpha value is -4.58. The Kier molecular flexibility index (Phi) is 9.45. The van der Waals surface area contributed by atoms with Gasteiger partial charge in [0, 0.05) is 27.7 Å². The van der Waals surface area contributed by atoms with Gasteiger partial charge in [0.1, 0.15) is 12.4 Å². The van der Waals surface area contributed by atoms with Crippen LogP contribution in [0.3, 0.4) is 0 Å². The number of furan rings is 1. The number of hydrogen-bond acceptors (Lipinski definition) is 9. The van der Waals surface area contributed by atoms with Crippen LogP contribution in [-0.4, -0.2) is 34.2 Å². The maximum Gasteiger partial charge on any atom is 0.270 e. The molecule has 4 aromatic rings. The number of carbonyl (C=O) groups excluding carboxylic acids is 1. The highest BCUT2D eigenvalue weighted by molar-refractivity contribution is 8.18. The zero-order valence-electron chi connectivity index (χ0n) is 22.5. The molecule has 5 rings (SSSR count). The van der Waals surface area contributed by atoms with Gasteiger partial charge in [0.2, 0.25) is 0 Å². The number of methoxy groups -OCH3 is 1. The van der Waals surface area contributed by atoms with Crippen molar-refractivity contribution < 1.29 is 23.6 Å². The molecule has 218 valence electrons. The summed E-state index contributed by atoms with van der Waals surface area (Å²) in [7, 11) is 1.53. The SMILES string of the molecule is COc1cc(/C=N\N=C2\S/C(=C\c3cccc([N+](=O)[O-])c3)C(=O)N2Cc2ccco2)ccc1OCc1ccc(Cl)cc1Cl. The molecule has 10 nitrogen and oxygen atoms in total. The highest BCUT2D eigenvalue weighted by Gasteiger charge is 2.34. The van der Waals surface area contributed by atoms with E-state index in [0.717, 1.165) is 17.3 Å². The van der Waals surface area contributed by atoms with Crippen molar-refractivity contribution in [1.82, 2.24) is 4.90 Å². The standard InChI is InChI=1S/C30H22Cl2N4O6S/c1-40-27-13-20(7-10-26(27)42-18-21-8-9-22(31)15-25(21)32)16-33-34-30-35(17-24-6-3-11-41-24)29(37)28(43-30)14-19-4-2-5-23(12-19)36(38)39/h2-16H,17-18H2,1H3/b28-14-,33-16-,34-30+. The van der Waals surface area contributed by atoms with Crippen molar-refractivity contribution >= 4 is 64.0 Å². The molecule has 1 saturated heterocycles. The van der Waals surface area contributed by atoms with Crippen LogP contribution in [0, 0.1) is 10.1 Å². The zero-order valence-corrected chi connectivity index (χ0v) is 24.8. The fraction of sp³-hybridized carbons (Fsp3) is 0.100. The molecule has 1 aliphatic rings. The van der Waals surface area contributed by atoms with Crippen LogP contribution in [0.5, 0.6) is 11.5 Å². The Morgan fingerprint density at radius 3 is 2.65 bits per heavy atom. The lowest BCUT2D eigenvalue weighted by atomic mass is 10.2. The molecule has 43 heavy (non-hydrogen) atoms. The summed E-state index contributed by atoms with van der Waals surface area (Å²) in [6, 6.07) is 20.0. The van der Waals surface area contributed by atoms with Gasteiger partial charge in [-0.2, -0.15) is 5.10 Å². The number of rotatable bonds is 10. The fourth-order valence-electron chi connectivity index (χ4n) is 3.98. The molecule has 1 aromatic heterocycles. The molecule has 0 radical (unpaired) electrons. The van der Waals surface area contributed by atoms with Gasteiger partial charge >= 0.3 is 0 Å². The van der Waals surface area contributed by atoms with Crippen molar-refractivity contribution in [2.75, 3.05) is 7.11 Å². The predicted octanol–water partition coefficient (Wildman–Crippen LogP) is 7.59. The number of carbonyl (C=O) groups is 1. The number of benzene rings is 3. The Balaban J connectivity index is 1.35. The minimum Gasteiger partial charge on any atom is -0.493 e. The van der Waals surface area contributed by atoms with Crippen LogP contribution >= 0.6 is 35.0 Å². The summed E-state index contributed by atoms with van der Waals surface area (Å²) in [5.41, 5.74) is 1.89. The van der Waals surface area contributed by atoms with E-state index < -0.39 is 4.92 Å². The number of nitro groups is 1. The molecular weight excluding hydrogens is 615 g/mol. The van der Waals surface area contributed by atoms with Gasteiger partial charge in [-0.25, -0.2) is 0 Å². The normalized spacial score (nSPS) is 15.1. The summed E-state index contributed by atoms with van der Waals surface area (Å²) in [4.78, 5) is 25.8. The van der Waals surface area contributed by atoms with Crippen LogP contribution in [0.1, 0.15) is 22.5 Å². The Morgan fingerprint density at radius 1 is 1.05 bits per heavy atom. The van der Waals surface area contributed by atoms with Gasteiger partial charge < -0.3 is 13.9 Å². The maximum atomic E-state index is 13.3. The molecule has 13 heteroatoms. The van der Waals surface area contributed by atoms with Gasteiger partial charge in [0.15, 0.2) is 16.7 Å². The Morgan fingerprint density at radius 2 is 1.91 bits per heavy atom. The summed E-state index contributed by atoms with van der Waals surface area (Å²) in [5.74, 6) is 1.22. The van der Waals surface area contributed by atoms with E-state index in [1.54, 1.807) is 66.7 Å². The van der Waals surface area contributed by atoms with Crippen molar-refractivity contribution in [2.24, 2.45) is 10.2 Å². The number of amidine groups is 1. The zero-order chi connectivity index (χ0) is 30.3. The van der Waals surface area contributed by atoms with Crippen molar-refractivity contribution in [2.45, 2.75) is 13.2 Å². The van der Waals surface area contributed by atoms with Gasteiger partial charge in [-0.3, -0.25) is 19.8 Å². The topological polar surface area (TPSA) is 120 Å². The molecular formula is C30H22Cl2N4O6S. The number of non-ortho nitro benzene ring substituents is 1. The molecule has 0 saturated carbocycles. The van der Waals surface area contributed by atoms with E-state index in [1.165, 1.54) is 36.6 Å². The number of halogens is 2. The molecule has 1 aliphatic heterocycles. The van der Waals surface area contributed by atoms with Crippen molar-refractivity contribution in [3.8, 4) is 11.5 Å². The quantitative estimate of drug-likeness (QED) is 0.0761. The number of amides is 1. The lowest BCUT2D eigenvalue weighted by Gasteiger charge is -2.13. The third-order valence-electron chi connectivity index (χ3n) is 6.10. The molecule has 0 N–H and O–H groups in total. The third-order valence-corrected chi connectivity index (χ3v) is 7.68. The molecule has 2 heterocycles. The molecule has 0 spiro atoms. The molecule has 0 unspecified atom stereocenters. The van der Waals surface area contributed by atoms with Crippen LogP contribution < -0.4 is 9.47 Å². The average molecular weight is 638 g/mol. The van der Waals surface area contributed by atoms with E-state index in [2.05, 4.69) is 10.2 Å². The van der Waals surface area contributed by atoms with Crippen molar-refractivity contribution in [3.05, 3.63) is 127 Å². The largest absolute Gasteiger partial charge is 0.493 e. The first-order valence-corrected chi connectivity index (χ1v) is 14.2. The summed E-state index contributed by atoms with van der Waals surface area (Å²) in [5, 5.41) is 21.1. The molecule has 0 atom stereocenters. The Bertz CT molecular complexity index is 1760. The number of thioether (sulfide) groups is 1. The molecule has 0 bridgehead atoms. The molecule has 1 amide bonds. The second-order valence-corrected chi connectivity index (χ2v) is 10.8. The lowest BCUT2D eigenvalue weighted by molar-refractivity contribution is -0.384. The monoisotopic (exact) mass is 636 g/mol. The highest BCUT2D eigenvalue weighted by Crippen LogP contribution is 2.34. The van der Waals surface area contributed by atoms with Gasteiger partial charge in [-0.15, -0.1) is 5.10 Å². The maximum absolute atomic E-state index is 13.3. The van der Waals surface area contributed by atoms with Crippen LogP contribution in [0.15, 0.2) is 98.6 Å². The van der Waals surface area contributed by atoms with E-state index in [4.69, 9.17) is 37.1 Å². The van der Waals surface area contributed by atoms with Gasteiger partial charge in [0.25, 0.3) is 11.6 Å². The number of hydrogen-bond donors (Lipinski definition) is 0. The predicted molar refractivity (Wildman–Crippen MR) is 167 cm³/mol. The minimum atomic E-state index is -0.487. The summed E-state index contributed by atoms with van der Waals surface area (Å²) < 4.78 is 16.8.